The molecule has 3 saturated heterocycles. The van der Waals surface area contributed by atoms with Gasteiger partial charge < -0.3 is 25.3 Å². The van der Waals surface area contributed by atoms with Crippen molar-refractivity contribution in [3.8, 4) is 17.3 Å². The van der Waals surface area contributed by atoms with Crippen LogP contribution in [0.5, 0.6) is 6.01 Å². The molecule has 1 saturated carbocycles. The van der Waals surface area contributed by atoms with E-state index in [0.717, 1.165) is 30.7 Å². The van der Waals surface area contributed by atoms with E-state index in [1.54, 1.807) is 0 Å². The zero-order valence-electron chi connectivity index (χ0n) is 23.4. The number of piperazine rings is 1. The second-order valence-corrected chi connectivity index (χ2v) is 13.1. The highest BCUT2D eigenvalue weighted by Crippen LogP contribution is 2.44. The van der Waals surface area contributed by atoms with Gasteiger partial charge in [0.2, 0.25) is 0 Å². The molecule has 226 valence electrons. The molecule has 4 aromatic rings. The number of nitrogens with zero attached hydrogens (tertiary/aromatic N) is 6. The quantitative estimate of drug-likeness (QED) is 0.337. The van der Waals surface area contributed by atoms with Gasteiger partial charge in [0.25, 0.3) is 5.56 Å². The Balaban J connectivity index is 1.33. The SMILES string of the molecule is Nc1nc2c(-c3c(F)c4nc(OC[C@@]56CCCN5C[C@H](F)C6)nc(N5CCNCC5)c4c(=O)n3C3CC3)ccc(F)c2s1. The van der Waals surface area contributed by atoms with Crippen LogP contribution in [0.1, 0.15) is 38.1 Å². The highest BCUT2D eigenvalue weighted by atomic mass is 32.1. The molecule has 2 atom stereocenters. The second-order valence-electron chi connectivity index (χ2n) is 12.0. The summed E-state index contributed by atoms with van der Waals surface area (Å²) in [6.45, 7) is 3.83. The predicted molar refractivity (Wildman–Crippen MR) is 159 cm³/mol. The molecule has 43 heavy (non-hydrogen) atoms. The van der Waals surface area contributed by atoms with E-state index in [-0.39, 0.29) is 56.2 Å². The van der Waals surface area contributed by atoms with Gasteiger partial charge in [0.15, 0.2) is 10.9 Å². The van der Waals surface area contributed by atoms with Crippen LogP contribution in [-0.4, -0.2) is 82.0 Å². The third-order valence-corrected chi connectivity index (χ3v) is 10.2. The number of anilines is 2. The lowest BCUT2D eigenvalue weighted by atomic mass is 9.95. The minimum Gasteiger partial charge on any atom is -0.461 e. The fourth-order valence-electron chi connectivity index (χ4n) is 7.15. The first-order valence-corrected chi connectivity index (χ1v) is 15.6. The minimum absolute atomic E-state index is 0.00263. The van der Waals surface area contributed by atoms with Gasteiger partial charge in [0.1, 0.15) is 35.3 Å². The summed E-state index contributed by atoms with van der Waals surface area (Å²) in [5, 5.41) is 3.53. The van der Waals surface area contributed by atoms with E-state index in [1.807, 2.05) is 4.90 Å². The van der Waals surface area contributed by atoms with E-state index < -0.39 is 28.9 Å². The van der Waals surface area contributed by atoms with Gasteiger partial charge in [-0.3, -0.25) is 9.69 Å². The maximum atomic E-state index is 17.0. The number of nitrogen functional groups attached to an aromatic ring is 1. The molecule has 4 aliphatic rings. The molecular weight excluding hydrogens is 581 g/mol. The largest absolute Gasteiger partial charge is 0.461 e. The number of hydrogen-bond acceptors (Lipinski definition) is 10. The lowest BCUT2D eigenvalue weighted by Crippen LogP contribution is -2.45. The first-order chi connectivity index (χ1) is 20.8. The smallest absolute Gasteiger partial charge is 0.319 e. The van der Waals surface area contributed by atoms with Crippen molar-refractivity contribution in [3.05, 3.63) is 34.1 Å². The third kappa shape index (κ3) is 4.36. The first-order valence-electron chi connectivity index (χ1n) is 14.8. The number of hydrogen-bond donors (Lipinski definition) is 2. The summed E-state index contributed by atoms with van der Waals surface area (Å²) >= 11 is 0.973. The van der Waals surface area contributed by atoms with Crippen molar-refractivity contribution in [2.45, 2.75) is 49.9 Å². The maximum Gasteiger partial charge on any atom is 0.319 e. The average molecular weight is 613 g/mol. The van der Waals surface area contributed by atoms with Gasteiger partial charge in [0.05, 0.1) is 21.4 Å². The summed E-state index contributed by atoms with van der Waals surface area (Å²) in [5.74, 6) is -0.921. The Morgan fingerprint density at radius 1 is 1.12 bits per heavy atom. The number of fused-ring (bicyclic) bond motifs is 3. The average Bonchev–Trinajstić information content (AvgIpc) is 3.53. The summed E-state index contributed by atoms with van der Waals surface area (Å²) in [7, 11) is 0. The summed E-state index contributed by atoms with van der Waals surface area (Å²) in [6.07, 6.45) is 2.61. The lowest BCUT2D eigenvalue weighted by Gasteiger charge is -2.32. The van der Waals surface area contributed by atoms with E-state index in [9.17, 15) is 13.6 Å². The number of alkyl halides is 1. The van der Waals surface area contributed by atoms with Crippen LogP contribution in [0.15, 0.2) is 16.9 Å². The van der Waals surface area contributed by atoms with Gasteiger partial charge in [-0.05, 0) is 44.4 Å². The lowest BCUT2D eigenvalue weighted by molar-refractivity contribution is 0.107. The van der Waals surface area contributed by atoms with Crippen LogP contribution >= 0.6 is 11.3 Å². The van der Waals surface area contributed by atoms with Gasteiger partial charge in [-0.2, -0.15) is 9.97 Å². The maximum absolute atomic E-state index is 17.0. The number of halogens is 3. The highest BCUT2D eigenvalue weighted by molar-refractivity contribution is 7.22. The number of pyridine rings is 1. The molecule has 0 radical (unpaired) electrons. The number of rotatable bonds is 6. The molecule has 0 spiro atoms. The zero-order valence-corrected chi connectivity index (χ0v) is 24.2. The van der Waals surface area contributed by atoms with Crippen molar-refractivity contribution in [1.82, 2.24) is 29.7 Å². The summed E-state index contributed by atoms with van der Waals surface area (Å²) < 4.78 is 54.0. The van der Waals surface area contributed by atoms with Crippen LogP contribution in [0.3, 0.4) is 0 Å². The molecular formula is C29H31F3N8O2S. The fourth-order valence-corrected chi connectivity index (χ4v) is 7.92. The Hall–Kier alpha value is -3.49. The van der Waals surface area contributed by atoms with Crippen LogP contribution in [0.4, 0.5) is 24.1 Å². The number of aromatic nitrogens is 4. The van der Waals surface area contributed by atoms with Crippen molar-refractivity contribution < 1.29 is 17.9 Å². The van der Waals surface area contributed by atoms with Crippen molar-refractivity contribution >= 4 is 43.4 Å². The zero-order chi connectivity index (χ0) is 29.5. The van der Waals surface area contributed by atoms with Crippen LogP contribution in [0.25, 0.3) is 32.4 Å². The van der Waals surface area contributed by atoms with Gasteiger partial charge in [-0.1, -0.05) is 11.3 Å². The molecule has 10 nitrogen and oxygen atoms in total. The third-order valence-electron chi connectivity index (χ3n) is 9.29. The van der Waals surface area contributed by atoms with E-state index in [0.29, 0.717) is 57.8 Å². The van der Waals surface area contributed by atoms with E-state index in [4.69, 9.17) is 15.5 Å². The van der Waals surface area contributed by atoms with Crippen LogP contribution in [-0.2, 0) is 0 Å². The van der Waals surface area contributed by atoms with Crippen LogP contribution < -0.4 is 26.2 Å². The Labute approximate surface area is 248 Å². The first kappa shape index (κ1) is 27.1. The molecule has 1 aliphatic carbocycles. The number of ether oxygens (including phenoxy) is 1. The molecule has 3 aromatic heterocycles. The van der Waals surface area contributed by atoms with E-state index >= 15 is 4.39 Å². The molecule has 0 amide bonds. The molecule has 3 aliphatic heterocycles. The number of nitrogens with two attached hydrogens (primary N) is 1. The molecule has 14 heteroatoms. The Morgan fingerprint density at radius 3 is 2.72 bits per heavy atom. The van der Waals surface area contributed by atoms with Crippen molar-refractivity contribution in [2.24, 2.45) is 0 Å². The Morgan fingerprint density at radius 2 is 1.93 bits per heavy atom. The van der Waals surface area contributed by atoms with Crippen LogP contribution in [0.2, 0.25) is 0 Å². The van der Waals surface area contributed by atoms with Gasteiger partial charge in [-0.15, -0.1) is 0 Å². The normalized spacial score (nSPS) is 24.3. The van der Waals surface area contributed by atoms with E-state index in [2.05, 4.69) is 20.2 Å². The highest BCUT2D eigenvalue weighted by Gasteiger charge is 2.49. The predicted octanol–water partition coefficient (Wildman–Crippen LogP) is 3.63. The second kappa shape index (κ2) is 10.0. The van der Waals surface area contributed by atoms with Crippen molar-refractivity contribution in [2.75, 3.05) is 56.5 Å². The standard InChI is InChI=1S/C29H31F3N8O2S/c30-15-12-29(6-1-9-39(29)13-15)14-42-28-36-22-19(25(37-28)38-10-7-34-8-11-38)26(41)40(16-2-3-16)23(20(22)32)17-4-5-18(31)24-21(17)35-27(33)43-24/h4-5,15-16,34H,1-3,6-14H2,(H2,33,35)/t15-,29+/m1/s1. The Bertz CT molecular complexity index is 1820. The minimum atomic E-state index is -0.925. The Kier molecular flexibility index (Phi) is 6.32. The monoisotopic (exact) mass is 612 g/mol. The molecule has 0 bridgehead atoms. The fraction of sp³-hybridized carbons (Fsp3) is 0.517. The van der Waals surface area contributed by atoms with Crippen LogP contribution in [0, 0.1) is 11.6 Å². The summed E-state index contributed by atoms with van der Waals surface area (Å²) in [4.78, 5) is 31.9. The van der Waals surface area contributed by atoms with E-state index in [1.165, 1.54) is 16.7 Å². The molecule has 3 N–H and O–H groups in total. The van der Waals surface area contributed by atoms with Gasteiger partial charge in [0, 0.05) is 50.7 Å². The molecule has 0 unspecified atom stereocenters. The summed E-state index contributed by atoms with van der Waals surface area (Å²) in [6, 6.07) is 2.41. The number of benzene rings is 1. The van der Waals surface area contributed by atoms with Crippen molar-refractivity contribution in [1.29, 1.82) is 0 Å². The topological polar surface area (TPSA) is 114 Å². The van der Waals surface area contributed by atoms with Gasteiger partial charge in [-0.25, -0.2) is 18.2 Å². The van der Waals surface area contributed by atoms with Gasteiger partial charge >= 0.3 is 6.01 Å². The molecule has 1 aromatic carbocycles. The molecule has 8 rings (SSSR count). The summed E-state index contributed by atoms with van der Waals surface area (Å²) in [5.41, 5.74) is 5.39. The molecule has 4 fully saturated rings. The molecule has 6 heterocycles. The number of thiazole rings is 1. The number of nitrogens with one attached hydrogen (secondary N) is 1. The van der Waals surface area contributed by atoms with Crippen molar-refractivity contribution in [3.63, 3.8) is 0 Å².